The molecule has 46 heavy (non-hydrogen) atoms. The van der Waals surface area contributed by atoms with E-state index in [1.807, 2.05) is 72.8 Å². The molecule has 0 aromatic heterocycles. The van der Waals surface area contributed by atoms with Gasteiger partial charge >= 0.3 is 5.97 Å². The van der Waals surface area contributed by atoms with E-state index in [0.717, 1.165) is 16.3 Å². The number of hydrogen-bond donors (Lipinski definition) is 1. The molecular formula is C37H39BrN2O6. The lowest BCUT2D eigenvalue weighted by Gasteiger charge is -2.39. The van der Waals surface area contributed by atoms with E-state index in [9.17, 15) is 14.7 Å². The number of carbonyl (C=O) groups is 3. The van der Waals surface area contributed by atoms with Crippen molar-refractivity contribution in [1.82, 2.24) is 4.90 Å². The van der Waals surface area contributed by atoms with Crippen molar-refractivity contribution in [2.45, 2.75) is 54.3 Å². The van der Waals surface area contributed by atoms with E-state index in [4.69, 9.17) is 9.47 Å². The SMILES string of the molecule is C=CCCCOC(=O)[C@H]1[C@H]2C(=O)N([C@@H](CO)Cc3ccccc3)C(C(=O)N(CC=C)c3ccc4ccccc4c3)C23CC(Br)[C@@H]1O3. The summed E-state index contributed by atoms with van der Waals surface area (Å²) in [6.07, 6.45) is 4.78. The van der Waals surface area contributed by atoms with Gasteiger partial charge in [-0.1, -0.05) is 88.7 Å². The Kier molecular flexibility index (Phi) is 9.45. The van der Waals surface area contributed by atoms with Crippen LogP contribution in [0.5, 0.6) is 0 Å². The summed E-state index contributed by atoms with van der Waals surface area (Å²) in [6, 6.07) is 21.4. The summed E-state index contributed by atoms with van der Waals surface area (Å²) < 4.78 is 12.4. The van der Waals surface area contributed by atoms with E-state index >= 15 is 4.79 Å². The summed E-state index contributed by atoms with van der Waals surface area (Å²) in [5, 5.41) is 12.8. The fourth-order valence-electron chi connectivity index (χ4n) is 7.59. The summed E-state index contributed by atoms with van der Waals surface area (Å²) >= 11 is 3.73. The third kappa shape index (κ3) is 5.58. The number of alkyl halides is 1. The van der Waals surface area contributed by atoms with Crippen LogP contribution in [0.1, 0.15) is 24.8 Å². The number of amides is 2. The largest absolute Gasteiger partial charge is 0.465 e. The quantitative estimate of drug-likeness (QED) is 0.115. The minimum atomic E-state index is -1.29. The highest BCUT2D eigenvalue weighted by Gasteiger charge is 2.77. The standard InChI is InChI=1S/C37H39BrN2O6/c1-3-5-11-19-45-36(44)30-31-34(42)40(28(23-41)20-24-12-7-6-8-13-24)33(37(31)22-29(38)32(30)46-37)35(43)39(18-4-2)27-17-16-25-14-9-10-15-26(25)21-27/h3-4,6-10,12-17,21,28-33,41H,1-2,5,11,18-20,22-23H2/t28-,29?,30+,31+,32+,33?,37?/m1/s1. The number of aliphatic hydroxyl groups excluding tert-OH is 1. The maximum Gasteiger partial charge on any atom is 0.312 e. The summed E-state index contributed by atoms with van der Waals surface area (Å²) in [6.45, 7) is 7.65. The van der Waals surface area contributed by atoms with E-state index in [1.54, 1.807) is 17.1 Å². The van der Waals surface area contributed by atoms with Crippen molar-refractivity contribution in [2.24, 2.45) is 11.8 Å². The first-order chi connectivity index (χ1) is 22.3. The second kappa shape index (κ2) is 13.5. The molecule has 1 N–H and O–H groups in total. The number of fused-ring (bicyclic) bond motifs is 2. The van der Waals surface area contributed by atoms with Gasteiger partial charge in [0.25, 0.3) is 5.91 Å². The average Bonchev–Trinajstić information content (AvgIpc) is 3.67. The Morgan fingerprint density at radius 3 is 2.54 bits per heavy atom. The molecule has 0 radical (unpaired) electrons. The normalized spacial score (nSPS) is 27.0. The highest BCUT2D eigenvalue weighted by molar-refractivity contribution is 9.09. The monoisotopic (exact) mass is 686 g/mol. The van der Waals surface area contributed by atoms with E-state index in [2.05, 4.69) is 29.1 Å². The predicted molar refractivity (Wildman–Crippen MR) is 180 cm³/mol. The predicted octanol–water partition coefficient (Wildman–Crippen LogP) is 5.22. The van der Waals surface area contributed by atoms with Crippen LogP contribution in [0.25, 0.3) is 10.8 Å². The number of esters is 1. The molecule has 240 valence electrons. The smallest absolute Gasteiger partial charge is 0.312 e. The molecule has 0 aliphatic carbocycles. The Balaban J connectivity index is 1.43. The van der Waals surface area contributed by atoms with Gasteiger partial charge in [0.1, 0.15) is 11.6 Å². The molecular weight excluding hydrogens is 648 g/mol. The van der Waals surface area contributed by atoms with Crippen LogP contribution in [0.2, 0.25) is 0 Å². The number of ether oxygens (including phenoxy) is 2. The minimum absolute atomic E-state index is 0.189. The number of benzene rings is 3. The van der Waals surface area contributed by atoms with Gasteiger partial charge in [0.2, 0.25) is 5.91 Å². The minimum Gasteiger partial charge on any atom is -0.465 e. The first kappa shape index (κ1) is 32.2. The molecule has 3 aromatic rings. The number of likely N-dealkylation sites (tertiary alicyclic amines) is 1. The number of carbonyl (C=O) groups excluding carboxylic acids is 3. The van der Waals surface area contributed by atoms with Crippen LogP contribution in [-0.4, -0.2) is 76.2 Å². The third-order valence-corrected chi connectivity index (χ3v) is 10.4. The summed E-state index contributed by atoms with van der Waals surface area (Å²) in [5.41, 5.74) is 0.271. The zero-order valence-electron chi connectivity index (χ0n) is 25.7. The van der Waals surface area contributed by atoms with Gasteiger partial charge in [-0.2, -0.15) is 0 Å². The second-order valence-corrected chi connectivity index (χ2v) is 13.5. The van der Waals surface area contributed by atoms with Gasteiger partial charge in [0.15, 0.2) is 0 Å². The van der Waals surface area contributed by atoms with Crippen molar-refractivity contribution in [1.29, 1.82) is 0 Å². The number of allylic oxidation sites excluding steroid dienone is 1. The molecule has 3 saturated heterocycles. The highest BCUT2D eigenvalue weighted by atomic mass is 79.9. The van der Waals surface area contributed by atoms with E-state index < -0.39 is 41.6 Å². The fourth-order valence-corrected chi connectivity index (χ4v) is 8.53. The van der Waals surface area contributed by atoms with Crippen LogP contribution in [-0.2, 0) is 30.3 Å². The van der Waals surface area contributed by atoms with Gasteiger partial charge in [-0.15, -0.1) is 13.2 Å². The van der Waals surface area contributed by atoms with Crippen molar-refractivity contribution in [3.8, 4) is 0 Å². The third-order valence-electron chi connectivity index (χ3n) is 9.57. The second-order valence-electron chi connectivity index (χ2n) is 12.3. The molecule has 3 aliphatic rings. The molecule has 7 atom stereocenters. The van der Waals surface area contributed by atoms with Gasteiger partial charge in [0.05, 0.1) is 37.2 Å². The molecule has 3 aromatic carbocycles. The van der Waals surface area contributed by atoms with Gasteiger partial charge in [-0.05, 0) is 54.2 Å². The summed E-state index contributed by atoms with van der Waals surface area (Å²) in [4.78, 5) is 46.2. The molecule has 8 nitrogen and oxygen atoms in total. The van der Waals surface area contributed by atoms with Crippen LogP contribution in [0.3, 0.4) is 0 Å². The van der Waals surface area contributed by atoms with Crippen molar-refractivity contribution in [2.75, 3.05) is 24.7 Å². The first-order valence-corrected chi connectivity index (χ1v) is 16.7. The van der Waals surface area contributed by atoms with Gasteiger partial charge in [-0.25, -0.2) is 0 Å². The van der Waals surface area contributed by atoms with E-state index in [-0.39, 0.29) is 36.4 Å². The summed E-state index contributed by atoms with van der Waals surface area (Å²) in [7, 11) is 0. The molecule has 3 unspecified atom stereocenters. The highest BCUT2D eigenvalue weighted by Crippen LogP contribution is 2.61. The molecule has 9 heteroatoms. The lowest BCUT2D eigenvalue weighted by Crippen LogP contribution is -2.59. The fraction of sp³-hybridized carbons (Fsp3) is 0.378. The Labute approximate surface area is 277 Å². The zero-order valence-corrected chi connectivity index (χ0v) is 27.3. The molecule has 3 fully saturated rings. The Morgan fingerprint density at radius 1 is 1.09 bits per heavy atom. The van der Waals surface area contributed by atoms with Gasteiger partial charge < -0.3 is 24.4 Å². The molecule has 3 heterocycles. The lowest BCUT2D eigenvalue weighted by atomic mass is 9.70. The molecule has 2 bridgehead atoms. The molecule has 2 amide bonds. The van der Waals surface area contributed by atoms with Crippen LogP contribution in [0.4, 0.5) is 5.69 Å². The van der Waals surface area contributed by atoms with Gasteiger partial charge in [0, 0.05) is 17.1 Å². The summed E-state index contributed by atoms with van der Waals surface area (Å²) in [5.74, 6) is -3.05. The van der Waals surface area contributed by atoms with Crippen LogP contribution in [0.15, 0.2) is 98.1 Å². The Hall–Kier alpha value is -3.79. The van der Waals surface area contributed by atoms with E-state index in [1.165, 1.54) is 4.90 Å². The van der Waals surface area contributed by atoms with Crippen LogP contribution >= 0.6 is 15.9 Å². The van der Waals surface area contributed by atoms with Crippen LogP contribution < -0.4 is 4.90 Å². The average molecular weight is 688 g/mol. The number of halogens is 1. The van der Waals surface area contributed by atoms with Crippen molar-refractivity contribution in [3.63, 3.8) is 0 Å². The Bertz CT molecular complexity index is 1630. The molecule has 0 saturated carbocycles. The zero-order chi connectivity index (χ0) is 32.4. The topological polar surface area (TPSA) is 96.4 Å². The first-order valence-electron chi connectivity index (χ1n) is 15.8. The van der Waals surface area contributed by atoms with Crippen molar-refractivity contribution >= 4 is 50.2 Å². The van der Waals surface area contributed by atoms with Gasteiger partial charge in [-0.3, -0.25) is 14.4 Å². The number of aliphatic hydroxyl groups is 1. The number of rotatable bonds is 13. The van der Waals surface area contributed by atoms with Crippen molar-refractivity contribution < 1.29 is 29.0 Å². The van der Waals surface area contributed by atoms with Crippen LogP contribution in [0, 0.1) is 11.8 Å². The number of unbranched alkanes of at least 4 members (excludes halogenated alkanes) is 1. The van der Waals surface area contributed by atoms with Crippen molar-refractivity contribution in [3.05, 3.63) is 104 Å². The number of hydrogen-bond acceptors (Lipinski definition) is 6. The maximum absolute atomic E-state index is 15.0. The molecule has 3 aliphatic heterocycles. The lowest BCUT2D eigenvalue weighted by molar-refractivity contribution is -0.155. The van der Waals surface area contributed by atoms with E-state index in [0.29, 0.717) is 31.4 Å². The number of anilines is 1. The number of nitrogens with zero attached hydrogens (tertiary/aromatic N) is 2. The molecule has 1 spiro atoms. The Morgan fingerprint density at radius 2 is 1.83 bits per heavy atom. The molecule has 6 rings (SSSR count). The maximum atomic E-state index is 15.0.